The molecule has 0 bridgehead atoms. The second-order valence-corrected chi connectivity index (χ2v) is 16.7. The molecule has 0 saturated heterocycles. The zero-order valence-electron chi connectivity index (χ0n) is 34.9. The number of hydrogen-bond donors (Lipinski definition) is 0. The Morgan fingerprint density at radius 2 is 1.19 bits per heavy atom. The van der Waals surface area contributed by atoms with Crippen molar-refractivity contribution in [3.05, 3.63) is 205 Å². The molecule has 0 aliphatic heterocycles. The number of furan rings is 1. The van der Waals surface area contributed by atoms with Crippen molar-refractivity contribution in [2.45, 2.75) is 26.2 Å². The van der Waals surface area contributed by atoms with Gasteiger partial charge in [0.05, 0.1) is 11.2 Å². The van der Waals surface area contributed by atoms with Gasteiger partial charge in [0.2, 0.25) is 0 Å². The van der Waals surface area contributed by atoms with E-state index in [0.717, 1.165) is 69.1 Å². The Kier molecular flexibility index (Phi) is 8.92. The molecule has 1 atom stereocenters. The first-order chi connectivity index (χ1) is 31.1. The molecular formula is C58H42N4O. The summed E-state index contributed by atoms with van der Waals surface area (Å²) in [6.07, 6.45) is 14.4. The van der Waals surface area contributed by atoms with E-state index in [1.165, 1.54) is 50.0 Å². The highest BCUT2D eigenvalue weighted by atomic mass is 16.3. The van der Waals surface area contributed by atoms with E-state index in [0.29, 0.717) is 23.4 Å². The Hall–Kier alpha value is -7.89. The molecule has 0 radical (unpaired) electrons. The molecule has 0 N–H and O–H groups in total. The summed E-state index contributed by atoms with van der Waals surface area (Å²) in [6.45, 7) is 2.25. The molecule has 0 amide bonds. The first-order valence-corrected chi connectivity index (χ1v) is 21.9. The van der Waals surface area contributed by atoms with Gasteiger partial charge in [-0.15, -0.1) is 0 Å². The van der Waals surface area contributed by atoms with Gasteiger partial charge in [0.25, 0.3) is 0 Å². The molecule has 0 saturated carbocycles. The third kappa shape index (κ3) is 6.52. The highest BCUT2D eigenvalue weighted by Gasteiger charge is 2.24. The van der Waals surface area contributed by atoms with Crippen molar-refractivity contribution in [3.8, 4) is 62.1 Å². The van der Waals surface area contributed by atoms with Gasteiger partial charge in [0.1, 0.15) is 5.58 Å². The standard InChI is InChI=1S/C58H42N4O/c1-37-22-24-39(25-23-37)41-28-32-44(33-29-41)57-59-56(43-30-26-40(27-31-43)38-12-4-2-5-13-38)60-58(61-57)45-34-35-47-48-18-11-21-52(55(48)63-53(47)36-45)62-50-19-9-8-16-49(50)54-46(17-10-20-51(54)62)42-14-6-3-7-15-42/h2-8,10-18,20-22,24-37H,9,19,23H2,1H3. The zero-order valence-corrected chi connectivity index (χ0v) is 34.9. The quantitative estimate of drug-likeness (QED) is 0.161. The number of fused-ring (bicyclic) bond motifs is 6. The lowest BCUT2D eigenvalue weighted by Crippen LogP contribution is -2.03. The minimum atomic E-state index is 0.564. The number of nitrogens with zero attached hydrogens (tertiary/aromatic N) is 4. The summed E-state index contributed by atoms with van der Waals surface area (Å²) in [6, 6.07) is 57.7. The van der Waals surface area contributed by atoms with E-state index < -0.39 is 0 Å². The van der Waals surface area contributed by atoms with Gasteiger partial charge in [-0.05, 0) is 82.8 Å². The van der Waals surface area contributed by atoms with E-state index in [1.54, 1.807) is 0 Å². The van der Waals surface area contributed by atoms with Gasteiger partial charge in [-0.3, -0.25) is 0 Å². The summed E-state index contributed by atoms with van der Waals surface area (Å²) >= 11 is 0. The minimum absolute atomic E-state index is 0.564. The van der Waals surface area contributed by atoms with E-state index >= 15 is 0 Å². The summed E-state index contributed by atoms with van der Waals surface area (Å²) in [5, 5.41) is 3.39. The molecule has 7 aromatic carbocycles. The SMILES string of the molecule is CC1C=CC(c2ccc(-c3nc(-c4ccc(-c5ccccc5)cc4)nc(-c4ccc5c(c4)oc4c(-n6c7c(c8c(-c9ccccc9)cccc86)C=CCC7)cccc45)n3)cc2)=CC1. The fourth-order valence-corrected chi connectivity index (χ4v) is 9.46. The largest absolute Gasteiger partial charge is 0.454 e. The molecule has 3 aromatic heterocycles. The van der Waals surface area contributed by atoms with Crippen LogP contribution in [0.4, 0.5) is 0 Å². The van der Waals surface area contributed by atoms with Crippen LogP contribution in [-0.4, -0.2) is 19.5 Å². The van der Waals surface area contributed by atoms with Crippen LogP contribution in [0.15, 0.2) is 193 Å². The number of para-hydroxylation sites is 1. The number of aromatic nitrogens is 4. The van der Waals surface area contributed by atoms with Crippen LogP contribution in [0, 0.1) is 5.92 Å². The second kappa shape index (κ2) is 15.2. The normalized spacial score (nSPS) is 14.7. The predicted molar refractivity (Wildman–Crippen MR) is 259 cm³/mol. The summed E-state index contributed by atoms with van der Waals surface area (Å²) in [4.78, 5) is 15.4. The Balaban J connectivity index is 0.983. The monoisotopic (exact) mass is 810 g/mol. The van der Waals surface area contributed by atoms with Gasteiger partial charge in [0.15, 0.2) is 23.1 Å². The predicted octanol–water partition coefficient (Wildman–Crippen LogP) is 15.0. The Labute approximate surface area is 366 Å². The lowest BCUT2D eigenvalue weighted by Gasteiger charge is -2.13. The van der Waals surface area contributed by atoms with Crippen LogP contribution < -0.4 is 0 Å². The van der Waals surface area contributed by atoms with Crippen molar-refractivity contribution in [2.75, 3.05) is 0 Å². The number of benzene rings is 7. The minimum Gasteiger partial charge on any atom is -0.454 e. The van der Waals surface area contributed by atoms with Crippen LogP contribution in [0.1, 0.15) is 36.6 Å². The molecule has 0 fully saturated rings. The van der Waals surface area contributed by atoms with E-state index in [9.17, 15) is 0 Å². The van der Waals surface area contributed by atoms with Gasteiger partial charge in [0, 0.05) is 44.1 Å². The summed E-state index contributed by atoms with van der Waals surface area (Å²) < 4.78 is 9.40. The van der Waals surface area contributed by atoms with Crippen molar-refractivity contribution in [1.82, 2.24) is 19.5 Å². The molecule has 0 spiro atoms. The average Bonchev–Trinajstić information content (AvgIpc) is 3.90. The fraction of sp³-hybridized carbons (Fsp3) is 0.0862. The smallest absolute Gasteiger partial charge is 0.164 e. The van der Waals surface area contributed by atoms with Crippen LogP contribution in [0.25, 0.3) is 107 Å². The van der Waals surface area contributed by atoms with Crippen LogP contribution in [0.2, 0.25) is 0 Å². The van der Waals surface area contributed by atoms with Gasteiger partial charge < -0.3 is 8.98 Å². The van der Waals surface area contributed by atoms with Crippen LogP contribution >= 0.6 is 0 Å². The summed E-state index contributed by atoms with van der Waals surface area (Å²) in [7, 11) is 0. The molecule has 2 aliphatic carbocycles. The average molecular weight is 811 g/mol. The molecule has 3 heterocycles. The highest BCUT2D eigenvalue weighted by Crippen LogP contribution is 2.43. The molecule has 5 heteroatoms. The summed E-state index contributed by atoms with van der Waals surface area (Å²) in [5.41, 5.74) is 16.4. The van der Waals surface area contributed by atoms with Crippen LogP contribution in [-0.2, 0) is 6.42 Å². The molecule has 63 heavy (non-hydrogen) atoms. The maximum atomic E-state index is 6.97. The Morgan fingerprint density at radius 1 is 0.556 bits per heavy atom. The third-order valence-electron chi connectivity index (χ3n) is 12.7. The molecule has 2 aliphatic rings. The Bertz CT molecular complexity index is 3460. The van der Waals surface area contributed by atoms with Crippen molar-refractivity contribution in [2.24, 2.45) is 5.92 Å². The molecule has 1 unspecified atom stereocenters. The summed E-state index contributed by atoms with van der Waals surface area (Å²) in [5.74, 6) is 2.39. The fourth-order valence-electron chi connectivity index (χ4n) is 9.46. The van der Waals surface area contributed by atoms with E-state index in [-0.39, 0.29) is 0 Å². The first-order valence-electron chi connectivity index (χ1n) is 21.9. The van der Waals surface area contributed by atoms with E-state index in [4.69, 9.17) is 19.4 Å². The third-order valence-corrected chi connectivity index (χ3v) is 12.7. The highest BCUT2D eigenvalue weighted by molar-refractivity contribution is 6.10. The lowest BCUT2D eigenvalue weighted by atomic mass is 9.94. The molecule has 5 nitrogen and oxygen atoms in total. The van der Waals surface area contributed by atoms with Gasteiger partial charge in [-0.1, -0.05) is 177 Å². The molecule has 300 valence electrons. The number of rotatable bonds is 7. The second-order valence-electron chi connectivity index (χ2n) is 16.7. The maximum absolute atomic E-state index is 6.97. The number of allylic oxidation sites excluding steroid dienone is 5. The van der Waals surface area contributed by atoms with Crippen LogP contribution in [0.3, 0.4) is 0 Å². The topological polar surface area (TPSA) is 56.7 Å². The Morgan fingerprint density at radius 3 is 1.90 bits per heavy atom. The molecule has 12 rings (SSSR count). The first kappa shape index (κ1) is 36.9. The van der Waals surface area contributed by atoms with Crippen molar-refractivity contribution >= 4 is 44.5 Å². The van der Waals surface area contributed by atoms with Gasteiger partial charge >= 0.3 is 0 Å². The van der Waals surface area contributed by atoms with Gasteiger partial charge in [-0.25, -0.2) is 15.0 Å². The number of hydrogen-bond acceptors (Lipinski definition) is 4. The van der Waals surface area contributed by atoms with Crippen molar-refractivity contribution in [3.63, 3.8) is 0 Å². The van der Waals surface area contributed by atoms with Gasteiger partial charge in [-0.2, -0.15) is 0 Å². The van der Waals surface area contributed by atoms with Crippen LogP contribution in [0.5, 0.6) is 0 Å². The zero-order chi connectivity index (χ0) is 41.9. The van der Waals surface area contributed by atoms with Crippen molar-refractivity contribution in [1.29, 1.82) is 0 Å². The van der Waals surface area contributed by atoms with E-state index in [1.807, 2.05) is 6.07 Å². The van der Waals surface area contributed by atoms with Crippen molar-refractivity contribution < 1.29 is 4.42 Å². The maximum Gasteiger partial charge on any atom is 0.164 e. The lowest BCUT2D eigenvalue weighted by molar-refractivity contribution is 0.665. The van der Waals surface area contributed by atoms with E-state index in [2.05, 4.69) is 200 Å². The molecular weight excluding hydrogens is 769 g/mol. The molecule has 10 aromatic rings.